The van der Waals surface area contributed by atoms with E-state index in [2.05, 4.69) is 10.4 Å². The summed E-state index contributed by atoms with van der Waals surface area (Å²) in [5.74, 6) is -0.176. The average molecular weight is 472 g/mol. The molecule has 8 heteroatoms. The molecule has 0 fully saturated rings. The molecule has 4 rings (SSSR count). The Morgan fingerprint density at radius 3 is 2.47 bits per heavy atom. The molecule has 0 aliphatic rings. The number of carbonyl (C=O) groups is 1. The number of alkyl halides is 2. The number of hydrogen-bond acceptors (Lipinski definition) is 3. The molecule has 1 amide bonds. The summed E-state index contributed by atoms with van der Waals surface area (Å²) in [4.78, 5) is 10.8. The number of halogens is 3. The zero-order valence-electron chi connectivity index (χ0n) is 17.1. The van der Waals surface area contributed by atoms with Crippen molar-refractivity contribution >= 4 is 40.0 Å². The van der Waals surface area contributed by atoms with Crippen LogP contribution in [0.5, 0.6) is 5.75 Å². The first-order valence-corrected chi connectivity index (χ1v) is 10.8. The average Bonchev–Trinajstić information content (AvgIpc) is 3.21. The maximum atomic E-state index is 13.3. The number of fused-ring (bicyclic) bond motifs is 1. The van der Waals surface area contributed by atoms with Crippen molar-refractivity contribution in [2.24, 2.45) is 0 Å². The van der Waals surface area contributed by atoms with Crippen molar-refractivity contribution in [3.05, 3.63) is 90.4 Å². The van der Waals surface area contributed by atoms with Crippen LogP contribution in [0.1, 0.15) is 18.6 Å². The Morgan fingerprint density at radius 2 is 1.78 bits per heavy atom. The van der Waals surface area contributed by atoms with E-state index in [0.717, 1.165) is 22.2 Å². The fourth-order valence-corrected chi connectivity index (χ4v) is 3.61. The van der Waals surface area contributed by atoms with Crippen LogP contribution in [-0.4, -0.2) is 26.6 Å². The molecule has 2 atom stereocenters. The summed E-state index contributed by atoms with van der Waals surface area (Å²) in [6, 6.07) is 20.9. The molecule has 0 spiro atoms. The van der Waals surface area contributed by atoms with Crippen molar-refractivity contribution in [1.82, 2.24) is 15.1 Å². The van der Waals surface area contributed by atoms with Crippen LogP contribution in [0.3, 0.4) is 0 Å². The third-order valence-corrected chi connectivity index (χ3v) is 5.42. The van der Waals surface area contributed by atoms with E-state index >= 15 is 0 Å². The minimum absolute atomic E-state index is 0.302. The second kappa shape index (κ2) is 9.59. The van der Waals surface area contributed by atoms with E-state index in [4.69, 9.17) is 27.9 Å². The van der Waals surface area contributed by atoms with E-state index < -0.39 is 22.9 Å². The summed E-state index contributed by atoms with van der Waals surface area (Å²) >= 11 is 11.4. The van der Waals surface area contributed by atoms with E-state index in [0.29, 0.717) is 5.75 Å². The highest BCUT2D eigenvalue weighted by molar-refractivity contribution is 6.53. The zero-order valence-corrected chi connectivity index (χ0v) is 18.6. The van der Waals surface area contributed by atoms with E-state index in [1.165, 1.54) is 12.1 Å². The highest BCUT2D eigenvalue weighted by Crippen LogP contribution is 2.29. The molecule has 5 nitrogen and oxygen atoms in total. The van der Waals surface area contributed by atoms with Crippen molar-refractivity contribution < 1.29 is 13.9 Å². The first kappa shape index (κ1) is 22.1. The molecule has 0 unspecified atom stereocenters. The minimum Gasteiger partial charge on any atom is -0.484 e. The van der Waals surface area contributed by atoms with E-state index in [1.807, 2.05) is 55.5 Å². The number of amides is 1. The monoisotopic (exact) mass is 471 g/mol. The lowest BCUT2D eigenvalue weighted by atomic mass is 10.0. The van der Waals surface area contributed by atoms with Crippen molar-refractivity contribution in [1.29, 1.82) is 0 Å². The Labute approximate surface area is 194 Å². The van der Waals surface area contributed by atoms with E-state index in [9.17, 15) is 9.18 Å². The van der Waals surface area contributed by atoms with Gasteiger partial charge in [-0.1, -0.05) is 53.5 Å². The van der Waals surface area contributed by atoms with Crippen LogP contribution in [0.2, 0.25) is 0 Å². The van der Waals surface area contributed by atoms with Gasteiger partial charge in [-0.05, 0) is 55.0 Å². The smallest absolute Gasteiger partial charge is 0.253 e. The van der Waals surface area contributed by atoms with Gasteiger partial charge in [-0.15, -0.1) is 0 Å². The summed E-state index contributed by atoms with van der Waals surface area (Å²) in [6.07, 6.45) is 1.25. The standard InChI is InChI=1S/C24H20Cl2FN3O2/c1-15(29-24(31)23(25)26)22(16-5-3-2-4-6-16)32-20-11-12-21-17(13-20)14-28-30(21)19-9-7-18(27)8-10-19/h2-15,22-23H,1H3,(H,29,31)/t15-,22+/m0/s1. The Bertz CT molecular complexity index is 1210. The molecule has 0 bridgehead atoms. The Kier molecular flexibility index (Phi) is 6.63. The van der Waals surface area contributed by atoms with Crippen molar-refractivity contribution in [3.63, 3.8) is 0 Å². The predicted octanol–water partition coefficient (Wildman–Crippen LogP) is 5.59. The first-order valence-electron chi connectivity index (χ1n) is 9.96. The number of hydrogen-bond donors (Lipinski definition) is 1. The van der Waals surface area contributed by atoms with Crippen LogP contribution in [0.4, 0.5) is 4.39 Å². The van der Waals surface area contributed by atoms with Crippen LogP contribution in [0, 0.1) is 5.82 Å². The largest absolute Gasteiger partial charge is 0.484 e. The Balaban J connectivity index is 1.62. The quantitative estimate of drug-likeness (QED) is 0.357. The molecule has 1 heterocycles. The molecular formula is C24H20Cl2FN3O2. The molecule has 0 aliphatic heterocycles. The molecule has 1 N–H and O–H groups in total. The van der Waals surface area contributed by atoms with Gasteiger partial charge in [-0.3, -0.25) is 4.79 Å². The van der Waals surface area contributed by atoms with Gasteiger partial charge >= 0.3 is 0 Å². The number of rotatable bonds is 7. The Morgan fingerprint density at radius 1 is 1.06 bits per heavy atom. The molecule has 4 aromatic rings. The highest BCUT2D eigenvalue weighted by Gasteiger charge is 2.25. The van der Waals surface area contributed by atoms with Crippen LogP contribution in [-0.2, 0) is 4.79 Å². The summed E-state index contributed by atoms with van der Waals surface area (Å²) in [5.41, 5.74) is 2.50. The fourth-order valence-electron chi connectivity index (χ4n) is 3.48. The second-order valence-corrected chi connectivity index (χ2v) is 8.40. The number of nitrogens with zero attached hydrogens (tertiary/aromatic N) is 2. The minimum atomic E-state index is -1.16. The van der Waals surface area contributed by atoms with Crippen LogP contribution >= 0.6 is 23.2 Å². The van der Waals surface area contributed by atoms with Crippen molar-refractivity contribution in [2.75, 3.05) is 0 Å². The van der Waals surface area contributed by atoms with Gasteiger partial charge in [0.25, 0.3) is 5.91 Å². The van der Waals surface area contributed by atoms with Gasteiger partial charge in [-0.25, -0.2) is 9.07 Å². The molecule has 32 heavy (non-hydrogen) atoms. The molecule has 0 radical (unpaired) electrons. The number of carbonyl (C=O) groups excluding carboxylic acids is 1. The van der Waals surface area contributed by atoms with Crippen LogP contribution in [0.25, 0.3) is 16.6 Å². The van der Waals surface area contributed by atoms with Gasteiger partial charge < -0.3 is 10.1 Å². The molecule has 3 aromatic carbocycles. The number of aromatic nitrogens is 2. The van der Waals surface area contributed by atoms with Crippen molar-refractivity contribution in [3.8, 4) is 11.4 Å². The van der Waals surface area contributed by atoms with Gasteiger partial charge in [0.05, 0.1) is 23.4 Å². The fraction of sp³-hybridized carbons (Fsp3) is 0.167. The summed E-state index contributed by atoms with van der Waals surface area (Å²) < 4.78 is 21.3. The SMILES string of the molecule is C[C@H](NC(=O)C(Cl)Cl)[C@@H](Oc1ccc2c(cnn2-c2ccc(F)cc2)c1)c1ccccc1. The van der Waals surface area contributed by atoms with Crippen LogP contribution < -0.4 is 10.1 Å². The normalized spacial score (nSPS) is 13.2. The maximum Gasteiger partial charge on any atom is 0.253 e. The molecule has 1 aromatic heterocycles. The molecular weight excluding hydrogens is 452 g/mol. The van der Waals surface area contributed by atoms with E-state index in [-0.39, 0.29) is 5.82 Å². The zero-order chi connectivity index (χ0) is 22.7. The van der Waals surface area contributed by atoms with Gasteiger partial charge in [0.15, 0.2) is 4.84 Å². The lowest BCUT2D eigenvalue weighted by Gasteiger charge is -2.26. The summed E-state index contributed by atoms with van der Waals surface area (Å²) in [6.45, 7) is 1.83. The van der Waals surface area contributed by atoms with Gasteiger partial charge in [0, 0.05) is 5.39 Å². The molecule has 164 valence electrons. The van der Waals surface area contributed by atoms with Gasteiger partial charge in [-0.2, -0.15) is 5.10 Å². The molecule has 0 saturated carbocycles. The van der Waals surface area contributed by atoms with E-state index in [1.54, 1.807) is 23.0 Å². The lowest BCUT2D eigenvalue weighted by molar-refractivity contribution is -0.120. The molecule has 0 saturated heterocycles. The predicted molar refractivity (Wildman–Crippen MR) is 124 cm³/mol. The van der Waals surface area contributed by atoms with Crippen molar-refractivity contribution in [2.45, 2.75) is 23.9 Å². The van der Waals surface area contributed by atoms with Crippen LogP contribution in [0.15, 0.2) is 79.0 Å². The highest BCUT2D eigenvalue weighted by atomic mass is 35.5. The number of ether oxygens (including phenoxy) is 1. The maximum absolute atomic E-state index is 13.3. The third-order valence-electron chi connectivity index (χ3n) is 5.02. The second-order valence-electron chi connectivity index (χ2n) is 7.30. The third kappa shape index (κ3) is 4.87. The topological polar surface area (TPSA) is 56.1 Å². The summed E-state index contributed by atoms with van der Waals surface area (Å²) in [5, 5.41) is 8.07. The Hall–Kier alpha value is -3.09. The first-order chi connectivity index (χ1) is 15.4. The lowest BCUT2D eigenvalue weighted by Crippen LogP contribution is -2.41. The number of nitrogens with one attached hydrogen (secondary N) is 1. The number of benzene rings is 3. The summed E-state index contributed by atoms with van der Waals surface area (Å²) in [7, 11) is 0. The van der Waals surface area contributed by atoms with Gasteiger partial charge in [0.2, 0.25) is 0 Å². The molecule has 0 aliphatic carbocycles. The van der Waals surface area contributed by atoms with Gasteiger partial charge in [0.1, 0.15) is 17.7 Å².